The fraction of sp³-hybridized carbons (Fsp3) is 0.556. The summed E-state index contributed by atoms with van der Waals surface area (Å²) in [6.45, 7) is 2.88. The van der Waals surface area contributed by atoms with Gasteiger partial charge in [0, 0.05) is 18.7 Å². The number of likely N-dealkylation sites (N-methyl/N-ethyl adjacent to an activating group) is 1. The Morgan fingerprint density at radius 1 is 1.40 bits per heavy atom. The van der Waals surface area contributed by atoms with Crippen LogP contribution in [0, 0.1) is 0 Å². The van der Waals surface area contributed by atoms with Crippen molar-refractivity contribution in [2.45, 2.75) is 13.0 Å². The van der Waals surface area contributed by atoms with Crippen LogP contribution in [0.25, 0.3) is 0 Å². The zero-order valence-electron chi connectivity index (χ0n) is 8.96. The summed E-state index contributed by atoms with van der Waals surface area (Å²) in [4.78, 5) is 9.88. The van der Waals surface area contributed by atoms with Crippen molar-refractivity contribution < 1.29 is 0 Å². The van der Waals surface area contributed by atoms with E-state index in [2.05, 4.69) is 27.1 Å². The van der Waals surface area contributed by atoms with Crippen LogP contribution in [0.15, 0.2) is 6.07 Å². The summed E-state index contributed by atoms with van der Waals surface area (Å²) in [5.41, 5.74) is 0. The maximum Gasteiger partial charge on any atom is 0.225 e. The van der Waals surface area contributed by atoms with Crippen molar-refractivity contribution in [2.24, 2.45) is 0 Å². The first-order valence-electron chi connectivity index (χ1n) is 4.59. The molecule has 0 bridgehead atoms. The number of rotatable bonds is 4. The molecule has 0 amide bonds. The molecule has 0 aliphatic carbocycles. The zero-order chi connectivity index (χ0) is 11.4. The highest BCUT2D eigenvalue weighted by molar-refractivity contribution is 6.32. The van der Waals surface area contributed by atoms with E-state index in [4.69, 9.17) is 23.2 Å². The number of anilines is 1. The van der Waals surface area contributed by atoms with Gasteiger partial charge >= 0.3 is 0 Å². The number of nitrogens with one attached hydrogen (secondary N) is 1. The van der Waals surface area contributed by atoms with E-state index < -0.39 is 0 Å². The van der Waals surface area contributed by atoms with E-state index in [1.165, 1.54) is 0 Å². The lowest BCUT2D eigenvalue weighted by Gasteiger charge is -2.20. The minimum Gasteiger partial charge on any atom is -0.368 e. The topological polar surface area (TPSA) is 41.1 Å². The summed E-state index contributed by atoms with van der Waals surface area (Å²) in [5, 5.41) is 3.64. The van der Waals surface area contributed by atoms with Crippen molar-refractivity contribution in [3.8, 4) is 0 Å². The van der Waals surface area contributed by atoms with Gasteiger partial charge in [0.25, 0.3) is 0 Å². The van der Waals surface area contributed by atoms with Crippen LogP contribution in [-0.2, 0) is 0 Å². The molecule has 0 fully saturated rings. The van der Waals surface area contributed by atoms with Gasteiger partial charge in [0.2, 0.25) is 5.28 Å². The third-order valence-corrected chi connectivity index (χ3v) is 2.49. The average molecular weight is 249 g/mol. The Morgan fingerprint density at radius 2 is 2.07 bits per heavy atom. The Morgan fingerprint density at radius 3 is 2.60 bits per heavy atom. The molecule has 0 saturated carbocycles. The molecule has 0 aliphatic rings. The van der Waals surface area contributed by atoms with Crippen molar-refractivity contribution >= 4 is 29.0 Å². The van der Waals surface area contributed by atoms with E-state index in [-0.39, 0.29) is 5.28 Å². The van der Waals surface area contributed by atoms with E-state index in [1.54, 1.807) is 6.07 Å². The van der Waals surface area contributed by atoms with Gasteiger partial charge in [0.1, 0.15) is 11.0 Å². The van der Waals surface area contributed by atoms with Crippen molar-refractivity contribution in [3.05, 3.63) is 16.5 Å². The molecule has 1 unspecified atom stereocenters. The minimum atomic E-state index is 0.155. The van der Waals surface area contributed by atoms with Gasteiger partial charge in [-0.25, -0.2) is 9.97 Å². The second-order valence-corrected chi connectivity index (χ2v) is 4.26. The molecule has 84 valence electrons. The molecule has 0 aliphatic heterocycles. The largest absolute Gasteiger partial charge is 0.368 e. The first-order chi connectivity index (χ1) is 6.99. The van der Waals surface area contributed by atoms with E-state index in [0.29, 0.717) is 17.0 Å². The number of nitrogens with zero attached hydrogens (tertiary/aromatic N) is 3. The van der Waals surface area contributed by atoms with Crippen LogP contribution < -0.4 is 5.32 Å². The first kappa shape index (κ1) is 12.5. The number of hydrogen-bond donors (Lipinski definition) is 1. The third-order valence-electron chi connectivity index (χ3n) is 2.13. The molecule has 1 aromatic heterocycles. The molecule has 0 saturated heterocycles. The van der Waals surface area contributed by atoms with Gasteiger partial charge in [-0.2, -0.15) is 0 Å². The van der Waals surface area contributed by atoms with Crippen molar-refractivity contribution in [3.63, 3.8) is 0 Å². The first-order valence-corrected chi connectivity index (χ1v) is 5.35. The van der Waals surface area contributed by atoms with Crippen LogP contribution >= 0.6 is 23.2 Å². The number of halogens is 2. The number of aromatic nitrogens is 2. The Kier molecular flexibility index (Phi) is 4.57. The summed E-state index contributed by atoms with van der Waals surface area (Å²) in [6.07, 6.45) is 0. The second-order valence-electron chi connectivity index (χ2n) is 3.54. The fourth-order valence-electron chi connectivity index (χ4n) is 0.915. The van der Waals surface area contributed by atoms with Crippen molar-refractivity contribution in [1.29, 1.82) is 0 Å². The van der Waals surface area contributed by atoms with E-state index in [0.717, 1.165) is 6.54 Å². The van der Waals surface area contributed by atoms with Crippen molar-refractivity contribution in [1.82, 2.24) is 14.9 Å². The van der Waals surface area contributed by atoms with Gasteiger partial charge in [-0.1, -0.05) is 11.6 Å². The van der Waals surface area contributed by atoms with Gasteiger partial charge in [-0.15, -0.1) is 0 Å². The fourth-order valence-corrected chi connectivity index (χ4v) is 1.32. The third kappa shape index (κ3) is 4.20. The van der Waals surface area contributed by atoms with Gasteiger partial charge in [-0.05, 0) is 32.6 Å². The van der Waals surface area contributed by atoms with Gasteiger partial charge in [0.15, 0.2) is 0 Å². The predicted octanol–water partition coefficient (Wildman–Crippen LogP) is 2.15. The van der Waals surface area contributed by atoms with Crippen LogP contribution in [0.4, 0.5) is 5.82 Å². The van der Waals surface area contributed by atoms with Crippen LogP contribution in [0.5, 0.6) is 0 Å². The standard InChI is InChI=1S/C9H14Cl2N4/c1-6(15(2)3)5-12-8-4-7(10)13-9(11)14-8/h4,6H,5H2,1-3H3,(H,12,13,14). The quantitative estimate of drug-likeness (QED) is 0.655. The Labute approximate surface area is 99.6 Å². The van der Waals surface area contributed by atoms with Crippen LogP contribution in [0.3, 0.4) is 0 Å². The van der Waals surface area contributed by atoms with Gasteiger partial charge < -0.3 is 10.2 Å². The maximum atomic E-state index is 5.74. The second kappa shape index (κ2) is 5.49. The Hall–Kier alpha value is -0.580. The number of hydrogen-bond acceptors (Lipinski definition) is 4. The summed E-state index contributed by atoms with van der Waals surface area (Å²) in [5.74, 6) is 0.647. The molecule has 1 aromatic rings. The van der Waals surface area contributed by atoms with E-state index in [9.17, 15) is 0 Å². The molecule has 6 heteroatoms. The molecule has 0 aromatic carbocycles. The molecule has 0 radical (unpaired) electrons. The highest BCUT2D eigenvalue weighted by Crippen LogP contribution is 2.14. The summed E-state index contributed by atoms with van der Waals surface area (Å²) < 4.78 is 0. The lowest BCUT2D eigenvalue weighted by molar-refractivity contribution is 0.326. The average Bonchev–Trinajstić information content (AvgIpc) is 2.12. The Balaban J connectivity index is 2.57. The molecular weight excluding hydrogens is 235 g/mol. The molecule has 1 N–H and O–H groups in total. The van der Waals surface area contributed by atoms with Gasteiger partial charge in [-0.3, -0.25) is 0 Å². The van der Waals surface area contributed by atoms with Gasteiger partial charge in [0.05, 0.1) is 0 Å². The predicted molar refractivity (Wildman–Crippen MR) is 63.7 cm³/mol. The molecule has 15 heavy (non-hydrogen) atoms. The summed E-state index contributed by atoms with van der Waals surface area (Å²) in [6, 6.07) is 2.05. The Bertz CT molecular complexity index is 310. The maximum absolute atomic E-state index is 5.74. The monoisotopic (exact) mass is 248 g/mol. The lowest BCUT2D eigenvalue weighted by Crippen LogP contribution is -2.31. The molecule has 0 spiro atoms. The van der Waals surface area contributed by atoms with Crippen LogP contribution in [0.2, 0.25) is 10.4 Å². The van der Waals surface area contributed by atoms with Crippen molar-refractivity contribution in [2.75, 3.05) is 26.0 Å². The lowest BCUT2D eigenvalue weighted by atomic mass is 10.3. The summed E-state index contributed by atoms with van der Waals surface area (Å²) in [7, 11) is 4.04. The smallest absolute Gasteiger partial charge is 0.225 e. The zero-order valence-corrected chi connectivity index (χ0v) is 10.5. The van der Waals surface area contributed by atoms with Crippen LogP contribution in [0.1, 0.15) is 6.92 Å². The molecule has 4 nitrogen and oxygen atoms in total. The normalized spacial score (nSPS) is 12.9. The highest BCUT2D eigenvalue weighted by atomic mass is 35.5. The summed E-state index contributed by atoms with van der Waals surface area (Å²) >= 11 is 11.4. The SMILES string of the molecule is CC(CNc1cc(Cl)nc(Cl)n1)N(C)C. The highest BCUT2D eigenvalue weighted by Gasteiger charge is 2.05. The molecule has 1 atom stereocenters. The van der Waals surface area contributed by atoms with E-state index >= 15 is 0 Å². The molecular formula is C9H14Cl2N4. The van der Waals surface area contributed by atoms with E-state index in [1.807, 2.05) is 14.1 Å². The molecule has 1 rings (SSSR count). The minimum absolute atomic E-state index is 0.155. The molecule has 1 heterocycles. The van der Waals surface area contributed by atoms with Crippen LogP contribution in [-0.4, -0.2) is 41.5 Å².